The van der Waals surface area contributed by atoms with Gasteiger partial charge in [0.2, 0.25) is 0 Å². The zero-order chi connectivity index (χ0) is 34.1. The number of unbranched alkanes of at least 4 members (excludes halogenated alkanes) is 9. The fourth-order valence-corrected chi connectivity index (χ4v) is 4.87. The molecule has 0 aromatic heterocycles. The summed E-state index contributed by atoms with van der Waals surface area (Å²) in [6.45, 7) is 5.48. The Morgan fingerprint density at radius 1 is 0.587 bits per heavy atom. The van der Waals surface area contributed by atoms with Gasteiger partial charge in [0.05, 0.1) is 0 Å². The van der Waals surface area contributed by atoms with E-state index in [1.807, 2.05) is 31.4 Å². The van der Waals surface area contributed by atoms with Crippen LogP contribution in [0.4, 0.5) is 22.4 Å². The van der Waals surface area contributed by atoms with Gasteiger partial charge in [-0.05, 0) is 44.7 Å². The number of alkyl halides is 4. The van der Waals surface area contributed by atoms with Gasteiger partial charge >= 0.3 is 17.9 Å². The first-order chi connectivity index (χ1) is 21.8. The zero-order valence-electron chi connectivity index (χ0n) is 27.2. The van der Waals surface area contributed by atoms with Gasteiger partial charge in [0.15, 0.2) is 0 Å². The SMILES string of the molecule is CC(C)(C)OC(=O)NCCCCCCCCCCCCNC(=O)C(F)(F)C(F)(F)C(=O)NCC(c1ccccc1)c1ccccc1. The second-order valence-corrected chi connectivity index (χ2v) is 12.5. The number of benzene rings is 2. The van der Waals surface area contributed by atoms with Crippen molar-refractivity contribution in [1.82, 2.24) is 16.0 Å². The van der Waals surface area contributed by atoms with E-state index in [0.29, 0.717) is 30.5 Å². The molecule has 7 nitrogen and oxygen atoms in total. The number of carbonyl (C=O) groups excluding carboxylic acids is 3. The third-order valence-corrected chi connectivity index (χ3v) is 7.39. The fraction of sp³-hybridized carbons (Fsp3) is 0.571. The number of halogens is 4. The highest BCUT2D eigenvalue weighted by Gasteiger charge is 2.66. The monoisotopic (exact) mass is 651 g/mol. The average Bonchev–Trinajstić information content (AvgIpc) is 3.01. The number of ether oxygens (including phenoxy) is 1. The van der Waals surface area contributed by atoms with Crippen LogP contribution < -0.4 is 16.0 Å². The number of carbonyl (C=O) groups is 3. The Hall–Kier alpha value is -3.63. The maximum atomic E-state index is 14.6. The van der Waals surface area contributed by atoms with Gasteiger partial charge < -0.3 is 20.7 Å². The predicted octanol–water partition coefficient (Wildman–Crippen LogP) is 7.75. The van der Waals surface area contributed by atoms with Gasteiger partial charge in [0.25, 0.3) is 11.8 Å². The predicted molar refractivity (Wildman–Crippen MR) is 171 cm³/mol. The van der Waals surface area contributed by atoms with E-state index in [4.69, 9.17) is 4.74 Å². The van der Waals surface area contributed by atoms with E-state index in [1.54, 1.807) is 60.7 Å². The minimum atomic E-state index is -5.23. The molecule has 0 aliphatic rings. The minimum Gasteiger partial charge on any atom is -0.444 e. The lowest BCUT2D eigenvalue weighted by Gasteiger charge is -2.26. The first-order valence-corrected chi connectivity index (χ1v) is 16.1. The maximum Gasteiger partial charge on any atom is 0.407 e. The van der Waals surface area contributed by atoms with E-state index in [-0.39, 0.29) is 13.1 Å². The van der Waals surface area contributed by atoms with Gasteiger partial charge in [-0.1, -0.05) is 112 Å². The summed E-state index contributed by atoms with van der Waals surface area (Å²) in [7, 11) is 0. The summed E-state index contributed by atoms with van der Waals surface area (Å²) in [6, 6.07) is 17.6. The molecule has 3 N–H and O–H groups in total. The van der Waals surface area contributed by atoms with Crippen molar-refractivity contribution in [3.63, 3.8) is 0 Å². The van der Waals surface area contributed by atoms with Crippen LogP contribution in [-0.2, 0) is 14.3 Å². The van der Waals surface area contributed by atoms with E-state index in [9.17, 15) is 31.9 Å². The Labute approximate surface area is 270 Å². The summed E-state index contributed by atoms with van der Waals surface area (Å²) in [5, 5.41) is 6.55. The fourth-order valence-electron chi connectivity index (χ4n) is 4.87. The molecule has 0 aliphatic carbocycles. The van der Waals surface area contributed by atoms with Gasteiger partial charge in [0, 0.05) is 25.6 Å². The van der Waals surface area contributed by atoms with Crippen LogP contribution in [0.1, 0.15) is 102 Å². The van der Waals surface area contributed by atoms with Crippen molar-refractivity contribution in [3.05, 3.63) is 71.8 Å². The normalized spacial score (nSPS) is 12.1. The van der Waals surface area contributed by atoms with E-state index in [0.717, 1.165) is 51.4 Å². The number of rotatable bonds is 20. The van der Waals surface area contributed by atoms with Crippen molar-refractivity contribution < 1.29 is 36.7 Å². The standard InChI is InChI=1S/C35H49F4N3O4/c1-33(2,3)46-32(45)41-25-19-11-9-7-5-4-6-8-10-18-24-40-30(43)34(36,37)35(38,39)31(44)42-26-29(27-20-14-12-15-21-27)28-22-16-13-17-23-28/h12-17,20-23,29H,4-11,18-19,24-26H2,1-3H3,(H,40,43)(H,41,45)(H,42,44). The number of nitrogens with one attached hydrogen (secondary N) is 3. The first-order valence-electron chi connectivity index (χ1n) is 16.1. The molecule has 3 amide bonds. The molecule has 2 aromatic rings. The van der Waals surface area contributed by atoms with Crippen LogP contribution in [0.3, 0.4) is 0 Å². The van der Waals surface area contributed by atoms with Crippen LogP contribution in [0.25, 0.3) is 0 Å². The molecule has 0 bridgehead atoms. The topological polar surface area (TPSA) is 96.5 Å². The Balaban J connectivity index is 1.62. The molecule has 0 saturated carbocycles. The molecule has 256 valence electrons. The van der Waals surface area contributed by atoms with Crippen molar-refractivity contribution in [2.45, 2.75) is 108 Å². The summed E-state index contributed by atoms with van der Waals surface area (Å²) >= 11 is 0. The summed E-state index contributed by atoms with van der Waals surface area (Å²) in [6.07, 6.45) is 8.44. The molecule has 46 heavy (non-hydrogen) atoms. The molecule has 0 radical (unpaired) electrons. The van der Waals surface area contributed by atoms with Crippen molar-refractivity contribution in [1.29, 1.82) is 0 Å². The third kappa shape index (κ3) is 13.4. The summed E-state index contributed by atoms with van der Waals surface area (Å²) in [5.74, 6) is -15.4. The average molecular weight is 652 g/mol. The van der Waals surface area contributed by atoms with Crippen molar-refractivity contribution >= 4 is 17.9 Å². The van der Waals surface area contributed by atoms with Gasteiger partial charge in [-0.2, -0.15) is 17.6 Å². The molecule has 2 rings (SSSR count). The summed E-state index contributed by atoms with van der Waals surface area (Å²) in [4.78, 5) is 35.9. The molecular formula is C35H49F4N3O4. The Morgan fingerprint density at radius 2 is 0.957 bits per heavy atom. The molecular weight excluding hydrogens is 602 g/mol. The number of alkyl carbamates (subject to hydrolysis) is 1. The largest absolute Gasteiger partial charge is 0.444 e. The smallest absolute Gasteiger partial charge is 0.407 e. The van der Waals surface area contributed by atoms with E-state index in [2.05, 4.69) is 5.32 Å². The Kier molecular flexibility index (Phi) is 16.0. The molecule has 0 spiro atoms. The zero-order valence-corrected chi connectivity index (χ0v) is 27.2. The Bertz CT molecular complexity index is 1150. The van der Waals surface area contributed by atoms with E-state index in [1.165, 1.54) is 0 Å². The summed E-state index contributed by atoms with van der Waals surface area (Å²) in [5.41, 5.74) is 0.910. The van der Waals surface area contributed by atoms with Crippen LogP contribution in [0.5, 0.6) is 0 Å². The van der Waals surface area contributed by atoms with Crippen LogP contribution in [0.2, 0.25) is 0 Å². The van der Waals surface area contributed by atoms with Crippen LogP contribution in [0.15, 0.2) is 60.7 Å². The number of amides is 3. The van der Waals surface area contributed by atoms with Crippen LogP contribution in [-0.4, -0.2) is 55.0 Å². The highest BCUT2D eigenvalue weighted by atomic mass is 19.3. The molecule has 0 heterocycles. The Morgan fingerprint density at radius 3 is 1.37 bits per heavy atom. The molecule has 0 aliphatic heterocycles. The first kappa shape index (κ1) is 38.6. The highest BCUT2D eigenvalue weighted by molar-refractivity contribution is 5.95. The van der Waals surface area contributed by atoms with Crippen LogP contribution >= 0.6 is 0 Å². The minimum absolute atomic E-state index is 0.187. The maximum absolute atomic E-state index is 14.6. The second-order valence-electron chi connectivity index (χ2n) is 12.5. The molecule has 0 atom stereocenters. The molecule has 0 fully saturated rings. The number of hydrogen-bond donors (Lipinski definition) is 3. The van der Waals surface area contributed by atoms with Gasteiger partial charge in [-0.3, -0.25) is 9.59 Å². The third-order valence-electron chi connectivity index (χ3n) is 7.39. The van der Waals surface area contributed by atoms with Crippen molar-refractivity contribution in [2.24, 2.45) is 0 Å². The second kappa shape index (κ2) is 19.1. The molecule has 11 heteroatoms. The molecule has 2 aromatic carbocycles. The van der Waals surface area contributed by atoms with Crippen LogP contribution in [0, 0.1) is 0 Å². The van der Waals surface area contributed by atoms with Gasteiger partial charge in [-0.15, -0.1) is 0 Å². The van der Waals surface area contributed by atoms with Gasteiger partial charge in [-0.25, -0.2) is 4.79 Å². The van der Waals surface area contributed by atoms with Crippen molar-refractivity contribution in [2.75, 3.05) is 19.6 Å². The van der Waals surface area contributed by atoms with E-state index >= 15 is 0 Å². The van der Waals surface area contributed by atoms with E-state index < -0.39 is 41.3 Å². The highest BCUT2D eigenvalue weighted by Crippen LogP contribution is 2.35. The quantitative estimate of drug-likeness (QED) is 0.101. The van der Waals surface area contributed by atoms with Gasteiger partial charge in [0.1, 0.15) is 5.60 Å². The van der Waals surface area contributed by atoms with Crippen molar-refractivity contribution in [3.8, 4) is 0 Å². The number of hydrogen-bond acceptors (Lipinski definition) is 4. The summed E-state index contributed by atoms with van der Waals surface area (Å²) < 4.78 is 63.4. The lowest BCUT2D eigenvalue weighted by atomic mass is 9.91. The molecule has 0 unspecified atom stereocenters. The lowest BCUT2D eigenvalue weighted by Crippen LogP contribution is -2.59. The lowest BCUT2D eigenvalue weighted by molar-refractivity contribution is -0.211. The molecule has 0 saturated heterocycles.